The van der Waals surface area contributed by atoms with Gasteiger partial charge in [0.25, 0.3) is 0 Å². The van der Waals surface area contributed by atoms with Crippen molar-refractivity contribution in [3.63, 3.8) is 0 Å². The molecule has 0 saturated carbocycles. The summed E-state index contributed by atoms with van der Waals surface area (Å²) >= 11 is 0. The summed E-state index contributed by atoms with van der Waals surface area (Å²) in [5.74, 6) is 0. The third-order valence-corrected chi connectivity index (χ3v) is 6.25. The molecule has 0 amide bonds. The largest absolute Gasteiger partial charge is 0.383 e. The van der Waals surface area contributed by atoms with Gasteiger partial charge >= 0.3 is 0 Å². The van der Waals surface area contributed by atoms with Crippen LogP contribution in [0.25, 0.3) is 0 Å². The van der Waals surface area contributed by atoms with E-state index in [1.807, 2.05) is 11.6 Å². The van der Waals surface area contributed by atoms with Crippen LogP contribution in [0.2, 0.25) is 0 Å². The SMILES string of the molecule is Cn1cncc1C1(O)CC2CCCC(C1)S2=O. The number of aliphatic hydroxyl groups is 1. The first-order valence-electron chi connectivity index (χ1n) is 6.19. The molecule has 2 saturated heterocycles. The zero-order valence-electron chi connectivity index (χ0n) is 10.0. The molecule has 0 spiro atoms. The van der Waals surface area contributed by atoms with Crippen LogP contribution < -0.4 is 0 Å². The third kappa shape index (κ3) is 1.76. The normalized spacial score (nSPS) is 41.4. The smallest absolute Gasteiger partial charge is 0.108 e. The van der Waals surface area contributed by atoms with E-state index < -0.39 is 16.4 Å². The molecule has 2 bridgehead atoms. The Bertz CT molecular complexity index is 441. The molecule has 1 aromatic rings. The Morgan fingerprint density at radius 2 is 2.12 bits per heavy atom. The zero-order chi connectivity index (χ0) is 12.0. The molecule has 2 fully saturated rings. The second-order valence-electron chi connectivity index (χ2n) is 5.33. The van der Waals surface area contributed by atoms with E-state index in [2.05, 4.69) is 4.98 Å². The van der Waals surface area contributed by atoms with Gasteiger partial charge in [0, 0.05) is 28.3 Å². The van der Waals surface area contributed by atoms with Crippen LogP contribution in [0.15, 0.2) is 12.5 Å². The molecule has 0 radical (unpaired) electrons. The lowest BCUT2D eigenvalue weighted by atomic mass is 9.83. The molecule has 17 heavy (non-hydrogen) atoms. The van der Waals surface area contributed by atoms with Crippen molar-refractivity contribution < 1.29 is 9.32 Å². The lowest BCUT2D eigenvalue weighted by molar-refractivity contribution is -0.0000124. The standard InChI is InChI=1S/C12H18N2O2S/c1-14-8-13-7-11(14)12(15)5-9-3-2-4-10(6-12)17(9)16/h7-10,15H,2-6H2,1H3. The Morgan fingerprint density at radius 3 is 2.65 bits per heavy atom. The van der Waals surface area contributed by atoms with E-state index in [0.29, 0.717) is 12.8 Å². The zero-order valence-corrected chi connectivity index (χ0v) is 10.8. The number of hydrogen-bond donors (Lipinski definition) is 1. The van der Waals surface area contributed by atoms with Crippen LogP contribution in [-0.2, 0) is 23.4 Å². The van der Waals surface area contributed by atoms with Gasteiger partial charge in [-0.3, -0.25) is 4.21 Å². The van der Waals surface area contributed by atoms with Gasteiger partial charge in [-0.1, -0.05) is 6.42 Å². The van der Waals surface area contributed by atoms with Crippen LogP contribution in [0.1, 0.15) is 37.8 Å². The summed E-state index contributed by atoms with van der Waals surface area (Å²) < 4.78 is 14.0. The molecule has 3 rings (SSSR count). The van der Waals surface area contributed by atoms with E-state index >= 15 is 0 Å². The van der Waals surface area contributed by atoms with Crippen molar-refractivity contribution in [3.8, 4) is 0 Å². The van der Waals surface area contributed by atoms with E-state index in [0.717, 1.165) is 25.0 Å². The molecule has 2 aliphatic rings. The number of rotatable bonds is 1. The molecule has 0 aliphatic carbocycles. The molecule has 4 nitrogen and oxygen atoms in total. The summed E-state index contributed by atoms with van der Waals surface area (Å²) in [6.07, 6.45) is 7.83. The maximum atomic E-state index is 12.1. The van der Waals surface area contributed by atoms with Crippen LogP contribution in [0, 0.1) is 0 Å². The van der Waals surface area contributed by atoms with Crippen molar-refractivity contribution in [2.24, 2.45) is 7.05 Å². The van der Waals surface area contributed by atoms with Crippen molar-refractivity contribution in [2.45, 2.75) is 48.2 Å². The van der Waals surface area contributed by atoms with Crippen LogP contribution in [0.5, 0.6) is 0 Å². The second-order valence-corrected chi connectivity index (χ2v) is 7.32. The molecule has 1 N–H and O–H groups in total. The Kier molecular flexibility index (Phi) is 2.63. The van der Waals surface area contributed by atoms with Crippen LogP contribution in [-0.4, -0.2) is 29.4 Å². The van der Waals surface area contributed by atoms with E-state index in [1.165, 1.54) is 0 Å². The molecule has 2 atom stereocenters. The van der Waals surface area contributed by atoms with Crippen molar-refractivity contribution >= 4 is 10.8 Å². The average molecular weight is 254 g/mol. The summed E-state index contributed by atoms with van der Waals surface area (Å²) in [4.78, 5) is 4.08. The van der Waals surface area contributed by atoms with Crippen molar-refractivity contribution in [1.82, 2.24) is 9.55 Å². The predicted octanol–water partition coefficient (Wildman–Crippen LogP) is 1.07. The molecule has 5 heteroatoms. The molecule has 2 unspecified atom stereocenters. The van der Waals surface area contributed by atoms with E-state index in [-0.39, 0.29) is 10.5 Å². The Hall–Kier alpha value is -0.680. The topological polar surface area (TPSA) is 55.1 Å². The number of fused-ring (bicyclic) bond motifs is 2. The van der Waals surface area contributed by atoms with Crippen LogP contribution >= 0.6 is 0 Å². The van der Waals surface area contributed by atoms with Gasteiger partial charge in [-0.25, -0.2) is 4.98 Å². The highest BCUT2D eigenvalue weighted by Crippen LogP contribution is 2.44. The fourth-order valence-corrected chi connectivity index (χ4v) is 5.52. The van der Waals surface area contributed by atoms with E-state index in [1.54, 1.807) is 12.5 Å². The van der Waals surface area contributed by atoms with Gasteiger partial charge in [0.1, 0.15) is 5.60 Å². The van der Waals surface area contributed by atoms with E-state index in [4.69, 9.17) is 0 Å². The van der Waals surface area contributed by atoms with Gasteiger partial charge in [0.2, 0.25) is 0 Å². The first kappa shape index (κ1) is 11.4. The Balaban J connectivity index is 1.95. The quantitative estimate of drug-likeness (QED) is 0.815. The molecular formula is C12H18N2O2S. The number of aryl methyl sites for hydroxylation is 1. The van der Waals surface area contributed by atoms with Crippen LogP contribution in [0.4, 0.5) is 0 Å². The molecule has 3 heterocycles. The van der Waals surface area contributed by atoms with Crippen molar-refractivity contribution in [3.05, 3.63) is 18.2 Å². The fourth-order valence-electron chi connectivity index (χ4n) is 3.30. The predicted molar refractivity (Wildman–Crippen MR) is 65.9 cm³/mol. The summed E-state index contributed by atoms with van der Waals surface area (Å²) in [5, 5.41) is 11.2. The number of nitrogens with zero attached hydrogens (tertiary/aromatic N) is 2. The lowest BCUT2D eigenvalue weighted by Gasteiger charge is -2.43. The van der Waals surface area contributed by atoms with Gasteiger partial charge < -0.3 is 9.67 Å². The van der Waals surface area contributed by atoms with Gasteiger partial charge in [-0.05, 0) is 25.7 Å². The van der Waals surface area contributed by atoms with Gasteiger partial charge in [0.05, 0.1) is 18.2 Å². The molecule has 2 aliphatic heterocycles. The molecule has 0 aromatic carbocycles. The van der Waals surface area contributed by atoms with Gasteiger partial charge in [-0.15, -0.1) is 0 Å². The summed E-state index contributed by atoms with van der Waals surface area (Å²) in [6, 6.07) is 0. The maximum absolute atomic E-state index is 12.1. The minimum Gasteiger partial charge on any atom is -0.383 e. The summed E-state index contributed by atoms with van der Waals surface area (Å²) in [7, 11) is 1.16. The highest BCUT2D eigenvalue weighted by Gasteiger charge is 2.47. The van der Waals surface area contributed by atoms with E-state index in [9.17, 15) is 9.32 Å². The minimum absolute atomic E-state index is 0.169. The van der Waals surface area contributed by atoms with Gasteiger partial charge in [-0.2, -0.15) is 0 Å². The number of aromatic nitrogens is 2. The number of imidazole rings is 1. The Labute approximate surface area is 104 Å². The molecule has 94 valence electrons. The Morgan fingerprint density at radius 1 is 1.47 bits per heavy atom. The highest BCUT2D eigenvalue weighted by molar-refractivity contribution is 7.86. The molecule has 1 aromatic heterocycles. The molecular weight excluding hydrogens is 236 g/mol. The minimum atomic E-state index is -0.824. The maximum Gasteiger partial charge on any atom is 0.108 e. The first-order valence-corrected chi connectivity index (χ1v) is 7.46. The average Bonchev–Trinajstić information content (AvgIpc) is 2.68. The van der Waals surface area contributed by atoms with Crippen molar-refractivity contribution in [2.75, 3.05) is 0 Å². The highest BCUT2D eigenvalue weighted by atomic mass is 32.2. The van der Waals surface area contributed by atoms with Crippen molar-refractivity contribution in [1.29, 1.82) is 0 Å². The van der Waals surface area contributed by atoms with Gasteiger partial charge in [0.15, 0.2) is 0 Å². The third-order valence-electron chi connectivity index (χ3n) is 4.13. The summed E-state index contributed by atoms with van der Waals surface area (Å²) in [5.41, 5.74) is 0.0423. The number of hydrogen-bond acceptors (Lipinski definition) is 3. The lowest BCUT2D eigenvalue weighted by Crippen LogP contribution is -2.48. The first-order chi connectivity index (χ1) is 8.10. The summed E-state index contributed by atoms with van der Waals surface area (Å²) in [6.45, 7) is 0. The van der Waals surface area contributed by atoms with Crippen LogP contribution in [0.3, 0.4) is 0 Å². The second kappa shape index (κ2) is 3.92. The monoisotopic (exact) mass is 254 g/mol. The fraction of sp³-hybridized carbons (Fsp3) is 0.750.